The summed E-state index contributed by atoms with van der Waals surface area (Å²) in [5.74, 6) is -0.670. The van der Waals surface area contributed by atoms with Crippen LogP contribution in [-0.2, 0) is 4.79 Å². The van der Waals surface area contributed by atoms with Gasteiger partial charge in [-0.15, -0.1) is 0 Å². The van der Waals surface area contributed by atoms with E-state index in [1.807, 2.05) is 0 Å². The van der Waals surface area contributed by atoms with Gasteiger partial charge in [-0.25, -0.2) is 0 Å². The molecule has 0 aliphatic carbocycles. The van der Waals surface area contributed by atoms with E-state index < -0.39 is 43.6 Å². The molecule has 0 aliphatic rings. The van der Waals surface area contributed by atoms with Crippen LogP contribution in [0.4, 0.5) is 0 Å². The Hall–Kier alpha value is -0.770. The number of aliphatic hydroxyl groups excluding tert-OH is 6. The second-order valence-corrected chi connectivity index (χ2v) is 5.04. The Kier molecular flexibility index (Phi) is 16.2. The quantitative estimate of drug-likeness (QED) is 0.234. The Morgan fingerprint density at radius 1 is 0.818 bits per heavy atom. The number of aliphatic carboxylic acids is 1. The molecule has 0 aromatic heterocycles. The molecule has 0 heterocycles. The first-order valence-corrected chi connectivity index (χ1v) is 7.47. The van der Waals surface area contributed by atoms with Crippen LogP contribution in [0.1, 0.15) is 45.4 Å². The third-order valence-electron chi connectivity index (χ3n) is 3.01. The summed E-state index contributed by atoms with van der Waals surface area (Å²) in [5.41, 5.74) is 0. The van der Waals surface area contributed by atoms with E-state index in [1.54, 1.807) is 0 Å². The molecule has 0 saturated carbocycles. The molecule has 4 unspecified atom stereocenters. The van der Waals surface area contributed by atoms with Gasteiger partial charge in [-0.1, -0.05) is 32.6 Å². The van der Waals surface area contributed by atoms with E-state index >= 15 is 0 Å². The fraction of sp³-hybridized carbons (Fsp3) is 0.929. The second kappa shape index (κ2) is 15.1. The van der Waals surface area contributed by atoms with Gasteiger partial charge in [0.05, 0.1) is 13.2 Å². The van der Waals surface area contributed by atoms with Gasteiger partial charge in [0.2, 0.25) is 0 Å². The van der Waals surface area contributed by atoms with Crippen molar-refractivity contribution in [3.05, 3.63) is 0 Å². The maximum atomic E-state index is 10.0. The standard InChI is InChI=1S/C8H16O2.C6H14O6/c1-2-3-4-5-6-7-8(9)10;7-1-3(9)5(11)6(12)4(10)2-8/h2-7H2,1H3,(H,9,10);3-12H,1-2H2. The van der Waals surface area contributed by atoms with Crippen molar-refractivity contribution in [3.8, 4) is 0 Å². The summed E-state index contributed by atoms with van der Waals surface area (Å²) in [6, 6.07) is 0. The summed E-state index contributed by atoms with van der Waals surface area (Å²) in [6.45, 7) is 0.698. The molecule has 0 spiro atoms. The first-order chi connectivity index (χ1) is 10.3. The van der Waals surface area contributed by atoms with Gasteiger partial charge in [-0.3, -0.25) is 4.79 Å². The molecule has 0 aliphatic heterocycles. The predicted molar refractivity (Wildman–Crippen MR) is 79.2 cm³/mol. The van der Waals surface area contributed by atoms with Crippen molar-refractivity contribution in [1.82, 2.24) is 0 Å². The van der Waals surface area contributed by atoms with Crippen molar-refractivity contribution in [2.45, 2.75) is 69.9 Å². The molecular formula is C14H30O8. The number of carboxylic acids is 1. The number of rotatable bonds is 11. The van der Waals surface area contributed by atoms with E-state index in [0.29, 0.717) is 6.42 Å². The molecule has 0 bridgehead atoms. The summed E-state index contributed by atoms with van der Waals surface area (Å²) in [6.07, 6.45) is -0.507. The van der Waals surface area contributed by atoms with E-state index in [-0.39, 0.29) is 0 Å². The molecule has 4 atom stereocenters. The van der Waals surface area contributed by atoms with Crippen LogP contribution in [-0.4, -0.2) is 79.3 Å². The van der Waals surface area contributed by atoms with Gasteiger partial charge in [0.15, 0.2) is 0 Å². The number of unbranched alkanes of at least 4 members (excludes halogenated alkanes) is 4. The van der Waals surface area contributed by atoms with Gasteiger partial charge in [0, 0.05) is 6.42 Å². The van der Waals surface area contributed by atoms with Crippen LogP contribution < -0.4 is 0 Å². The first kappa shape index (κ1) is 23.5. The van der Waals surface area contributed by atoms with Crippen molar-refractivity contribution in [1.29, 1.82) is 0 Å². The molecule has 8 nitrogen and oxygen atoms in total. The van der Waals surface area contributed by atoms with Crippen molar-refractivity contribution in [2.75, 3.05) is 13.2 Å². The van der Waals surface area contributed by atoms with Crippen molar-refractivity contribution in [3.63, 3.8) is 0 Å². The van der Waals surface area contributed by atoms with Gasteiger partial charge in [-0.2, -0.15) is 0 Å². The van der Waals surface area contributed by atoms with Crippen LogP contribution in [0.25, 0.3) is 0 Å². The highest BCUT2D eigenvalue weighted by atomic mass is 16.4. The lowest BCUT2D eigenvalue weighted by Gasteiger charge is -2.24. The maximum Gasteiger partial charge on any atom is 0.303 e. The normalized spacial score (nSPS) is 16.1. The minimum absolute atomic E-state index is 0.337. The Morgan fingerprint density at radius 2 is 1.23 bits per heavy atom. The summed E-state index contributed by atoms with van der Waals surface area (Å²) < 4.78 is 0. The van der Waals surface area contributed by atoms with Crippen LogP contribution in [0, 0.1) is 0 Å². The fourth-order valence-corrected chi connectivity index (χ4v) is 1.55. The predicted octanol–water partition coefficient (Wildman–Crippen LogP) is -1.15. The van der Waals surface area contributed by atoms with Crippen molar-refractivity contribution in [2.24, 2.45) is 0 Å². The van der Waals surface area contributed by atoms with E-state index in [2.05, 4.69) is 6.92 Å². The molecule has 0 aromatic carbocycles. The fourth-order valence-electron chi connectivity index (χ4n) is 1.55. The van der Waals surface area contributed by atoms with Crippen molar-refractivity contribution < 1.29 is 40.5 Å². The summed E-state index contributed by atoms with van der Waals surface area (Å²) in [7, 11) is 0. The highest BCUT2D eigenvalue weighted by molar-refractivity contribution is 5.66. The number of hydrogen-bond acceptors (Lipinski definition) is 7. The monoisotopic (exact) mass is 326 g/mol. The average Bonchev–Trinajstić information content (AvgIpc) is 2.51. The lowest BCUT2D eigenvalue weighted by molar-refractivity contribution is -0.137. The molecule has 0 amide bonds. The molecule has 0 saturated heterocycles. The van der Waals surface area contributed by atoms with E-state index in [4.69, 9.17) is 35.7 Å². The van der Waals surface area contributed by atoms with Gasteiger partial charge < -0.3 is 35.7 Å². The van der Waals surface area contributed by atoms with Crippen molar-refractivity contribution >= 4 is 5.97 Å². The first-order valence-electron chi connectivity index (χ1n) is 7.47. The maximum absolute atomic E-state index is 10.0. The summed E-state index contributed by atoms with van der Waals surface area (Å²) in [5, 5.41) is 60.4. The van der Waals surface area contributed by atoms with E-state index in [1.165, 1.54) is 19.3 Å². The van der Waals surface area contributed by atoms with Gasteiger partial charge >= 0.3 is 5.97 Å². The third kappa shape index (κ3) is 12.9. The average molecular weight is 326 g/mol. The van der Waals surface area contributed by atoms with E-state index in [9.17, 15) is 4.79 Å². The van der Waals surface area contributed by atoms with Crippen LogP contribution in [0.15, 0.2) is 0 Å². The highest BCUT2D eigenvalue weighted by Crippen LogP contribution is 2.04. The van der Waals surface area contributed by atoms with Gasteiger partial charge in [0.25, 0.3) is 0 Å². The minimum Gasteiger partial charge on any atom is -0.481 e. The lowest BCUT2D eigenvalue weighted by atomic mass is 10.0. The largest absolute Gasteiger partial charge is 0.481 e. The van der Waals surface area contributed by atoms with E-state index in [0.717, 1.165) is 12.8 Å². The highest BCUT2D eigenvalue weighted by Gasteiger charge is 2.29. The molecule has 7 N–H and O–H groups in total. The number of aliphatic hydroxyl groups is 6. The third-order valence-corrected chi connectivity index (χ3v) is 3.01. The SMILES string of the molecule is CCCCCCCC(=O)O.OCC(O)C(O)C(O)C(O)CO. The molecule has 22 heavy (non-hydrogen) atoms. The Balaban J connectivity index is 0. The zero-order valence-electron chi connectivity index (χ0n) is 13.0. The smallest absolute Gasteiger partial charge is 0.303 e. The Morgan fingerprint density at radius 3 is 1.55 bits per heavy atom. The zero-order chi connectivity index (χ0) is 17.5. The number of carboxylic acid groups (broad SMARTS) is 1. The Bertz CT molecular complexity index is 247. The van der Waals surface area contributed by atoms with Gasteiger partial charge in [-0.05, 0) is 6.42 Å². The molecule has 0 radical (unpaired) electrons. The number of carbonyl (C=O) groups is 1. The van der Waals surface area contributed by atoms with Gasteiger partial charge in [0.1, 0.15) is 24.4 Å². The molecule has 134 valence electrons. The summed E-state index contributed by atoms with van der Waals surface area (Å²) in [4.78, 5) is 10.0. The molecular weight excluding hydrogens is 296 g/mol. The summed E-state index contributed by atoms with van der Waals surface area (Å²) >= 11 is 0. The molecule has 0 rings (SSSR count). The van der Waals surface area contributed by atoms with Crippen LogP contribution in [0.2, 0.25) is 0 Å². The molecule has 8 heteroatoms. The molecule has 0 aromatic rings. The zero-order valence-corrected chi connectivity index (χ0v) is 13.0. The topological polar surface area (TPSA) is 159 Å². The minimum atomic E-state index is -1.67. The number of hydrogen-bond donors (Lipinski definition) is 7. The second-order valence-electron chi connectivity index (χ2n) is 5.04. The molecule has 0 fully saturated rings. The van der Waals surface area contributed by atoms with Crippen LogP contribution in [0.3, 0.4) is 0 Å². The van der Waals surface area contributed by atoms with Crippen LogP contribution >= 0.6 is 0 Å². The lowest BCUT2D eigenvalue weighted by Crippen LogP contribution is -2.46. The van der Waals surface area contributed by atoms with Crippen LogP contribution in [0.5, 0.6) is 0 Å². The Labute approximate surface area is 130 Å².